The average molecular weight is 218 g/mol. The average Bonchev–Trinajstić information content (AvgIpc) is 2.35. The second kappa shape index (κ2) is 3.10. The normalized spacial score (nSPS) is 14.2. The first-order valence-corrected chi connectivity index (χ1v) is 6.28. The lowest BCUT2D eigenvalue weighted by molar-refractivity contribution is 1.04. The molecule has 1 aliphatic rings. The van der Waals surface area contributed by atoms with Gasteiger partial charge in [0.05, 0.1) is 0 Å². The monoisotopic (exact) mass is 218 g/mol. The van der Waals surface area contributed by atoms with Gasteiger partial charge in [-0.3, -0.25) is 0 Å². The van der Waals surface area contributed by atoms with Crippen molar-refractivity contribution in [1.82, 2.24) is 0 Å². The second-order valence-corrected chi connectivity index (χ2v) is 5.08. The van der Waals surface area contributed by atoms with Crippen LogP contribution >= 0.6 is 0 Å². The van der Waals surface area contributed by atoms with E-state index in [1.165, 1.54) is 50.7 Å². The van der Waals surface area contributed by atoms with Crippen LogP contribution in [0.25, 0.3) is 27.6 Å². The van der Waals surface area contributed by atoms with E-state index in [0.29, 0.717) is 0 Å². The van der Waals surface area contributed by atoms with Gasteiger partial charge in [-0.05, 0) is 57.7 Å². The van der Waals surface area contributed by atoms with Gasteiger partial charge in [-0.2, -0.15) is 0 Å². The Kier molecular flexibility index (Phi) is 1.69. The summed E-state index contributed by atoms with van der Waals surface area (Å²) in [5, 5.41) is 7.15. The molecule has 0 heterocycles. The molecular formula is C17H14. The molecule has 0 fully saturated rings. The summed E-state index contributed by atoms with van der Waals surface area (Å²) in [6.45, 7) is 2.18. The van der Waals surface area contributed by atoms with E-state index in [0.717, 1.165) is 0 Å². The van der Waals surface area contributed by atoms with E-state index in [4.69, 9.17) is 0 Å². The van der Waals surface area contributed by atoms with E-state index in [2.05, 4.69) is 49.4 Å². The highest BCUT2D eigenvalue weighted by atomic mass is 14.1. The van der Waals surface area contributed by atoms with Crippen molar-refractivity contribution in [2.45, 2.75) is 19.8 Å². The van der Waals surface area contributed by atoms with Crippen LogP contribution in [0.2, 0.25) is 0 Å². The molecule has 0 radical (unpaired) electrons. The molecule has 0 amide bonds. The fourth-order valence-corrected chi connectivity index (χ4v) is 3.18. The van der Waals surface area contributed by atoms with Crippen molar-refractivity contribution in [3.8, 4) is 0 Å². The smallest absolute Gasteiger partial charge is 0.00300 e. The second-order valence-electron chi connectivity index (χ2n) is 5.08. The van der Waals surface area contributed by atoms with Gasteiger partial charge >= 0.3 is 0 Å². The lowest BCUT2D eigenvalue weighted by Gasteiger charge is -2.15. The summed E-state index contributed by atoms with van der Waals surface area (Å²) in [7, 11) is 0. The van der Waals surface area contributed by atoms with Crippen LogP contribution in [-0.4, -0.2) is 0 Å². The maximum atomic E-state index is 2.38. The maximum absolute atomic E-state index is 2.38. The fraction of sp³-hybridized carbons (Fsp3) is 0.176. The summed E-state index contributed by atoms with van der Waals surface area (Å²) in [4.78, 5) is 0. The molecule has 0 aliphatic heterocycles. The maximum Gasteiger partial charge on any atom is -0.00300 e. The van der Waals surface area contributed by atoms with Gasteiger partial charge in [-0.15, -0.1) is 0 Å². The van der Waals surface area contributed by atoms with Crippen molar-refractivity contribution in [2.24, 2.45) is 0 Å². The van der Waals surface area contributed by atoms with Gasteiger partial charge < -0.3 is 0 Å². The van der Waals surface area contributed by atoms with Crippen LogP contribution in [0.15, 0.2) is 36.4 Å². The van der Waals surface area contributed by atoms with Gasteiger partial charge in [-0.1, -0.05) is 42.5 Å². The van der Waals surface area contributed by atoms with Crippen molar-refractivity contribution >= 4 is 27.6 Å². The molecule has 0 saturated heterocycles. The Morgan fingerprint density at radius 2 is 1.65 bits per heavy atom. The van der Waals surface area contributed by atoms with Crippen molar-refractivity contribution < 1.29 is 0 Å². The largest absolute Gasteiger partial charge is 0.0763 e. The molecule has 3 aromatic carbocycles. The first-order chi connectivity index (χ1) is 8.33. The van der Waals surface area contributed by atoms with Gasteiger partial charge in [0.25, 0.3) is 0 Å². The minimum atomic E-state index is 1.18. The topological polar surface area (TPSA) is 0 Å². The highest BCUT2D eigenvalue weighted by Gasteiger charge is 2.10. The van der Waals surface area contributed by atoms with E-state index >= 15 is 0 Å². The lowest BCUT2D eigenvalue weighted by Crippen LogP contribution is -2.09. The summed E-state index contributed by atoms with van der Waals surface area (Å²) >= 11 is 0. The molecule has 1 aliphatic carbocycles. The third-order valence-corrected chi connectivity index (χ3v) is 3.89. The predicted molar refractivity (Wildman–Crippen MR) is 74.2 cm³/mol. The molecule has 0 atom stereocenters. The van der Waals surface area contributed by atoms with Crippen LogP contribution in [0.3, 0.4) is 0 Å². The summed E-state index contributed by atoms with van der Waals surface area (Å²) in [5.74, 6) is 0. The van der Waals surface area contributed by atoms with E-state index in [-0.39, 0.29) is 0 Å². The Hall–Kier alpha value is -1.82. The molecule has 0 saturated carbocycles. The molecule has 4 rings (SSSR count). The van der Waals surface area contributed by atoms with Gasteiger partial charge in [-0.25, -0.2) is 0 Å². The molecule has 0 heteroatoms. The van der Waals surface area contributed by atoms with Gasteiger partial charge in [0.2, 0.25) is 0 Å². The molecule has 0 unspecified atom stereocenters. The SMILES string of the molecule is Cc1cc2ccc3c4c(ccc(c1)c24)=CCC3. The van der Waals surface area contributed by atoms with Crippen molar-refractivity contribution in [3.63, 3.8) is 0 Å². The number of aryl methyl sites for hydroxylation is 2. The quantitative estimate of drug-likeness (QED) is 0.539. The van der Waals surface area contributed by atoms with Crippen LogP contribution in [0.1, 0.15) is 17.5 Å². The summed E-state index contributed by atoms with van der Waals surface area (Å²) in [5.41, 5.74) is 2.87. The Bertz CT molecular complexity index is 775. The minimum Gasteiger partial charge on any atom is -0.0763 e. The van der Waals surface area contributed by atoms with Crippen LogP contribution < -0.4 is 5.22 Å². The fourth-order valence-electron chi connectivity index (χ4n) is 3.18. The highest BCUT2D eigenvalue weighted by molar-refractivity contribution is 6.12. The number of hydrogen-bond donors (Lipinski definition) is 0. The third kappa shape index (κ3) is 1.18. The molecule has 0 bridgehead atoms. The van der Waals surface area contributed by atoms with E-state index in [1.807, 2.05) is 0 Å². The van der Waals surface area contributed by atoms with Crippen LogP contribution in [0, 0.1) is 6.92 Å². The number of hydrogen-bond acceptors (Lipinski definition) is 0. The first-order valence-electron chi connectivity index (χ1n) is 6.28. The zero-order valence-corrected chi connectivity index (χ0v) is 9.96. The molecule has 0 aromatic heterocycles. The van der Waals surface area contributed by atoms with Gasteiger partial charge in [0.1, 0.15) is 0 Å². The van der Waals surface area contributed by atoms with Crippen LogP contribution in [0.4, 0.5) is 0 Å². The third-order valence-electron chi connectivity index (χ3n) is 3.89. The van der Waals surface area contributed by atoms with E-state index < -0.39 is 0 Å². The van der Waals surface area contributed by atoms with E-state index in [1.54, 1.807) is 0 Å². The Balaban J connectivity index is 2.40. The molecule has 17 heavy (non-hydrogen) atoms. The molecule has 3 aromatic rings. The molecule has 0 spiro atoms. The van der Waals surface area contributed by atoms with Crippen molar-refractivity contribution in [3.05, 3.63) is 52.7 Å². The van der Waals surface area contributed by atoms with Crippen molar-refractivity contribution in [2.75, 3.05) is 0 Å². The summed E-state index contributed by atoms with van der Waals surface area (Å²) < 4.78 is 0. The highest BCUT2D eigenvalue weighted by Crippen LogP contribution is 2.30. The Labute approximate surface area is 101 Å². The minimum absolute atomic E-state index is 1.18. The number of rotatable bonds is 0. The first kappa shape index (κ1) is 9.23. The Morgan fingerprint density at radius 3 is 2.47 bits per heavy atom. The van der Waals surface area contributed by atoms with Crippen molar-refractivity contribution in [1.29, 1.82) is 0 Å². The van der Waals surface area contributed by atoms with Crippen LogP contribution in [-0.2, 0) is 6.42 Å². The van der Waals surface area contributed by atoms with E-state index in [9.17, 15) is 0 Å². The summed E-state index contributed by atoms with van der Waals surface area (Å²) in [6, 6.07) is 13.7. The molecule has 0 N–H and O–H groups in total. The zero-order chi connectivity index (χ0) is 11.4. The van der Waals surface area contributed by atoms with Gasteiger partial charge in [0, 0.05) is 0 Å². The standard InChI is InChI=1S/C17H14/c1-11-9-14-7-5-12-3-2-4-13-6-8-15(10-11)17(14)16(12)13/h3,5-10H,2,4H2,1H3. The number of benzene rings is 3. The molecule has 0 nitrogen and oxygen atoms in total. The van der Waals surface area contributed by atoms with Gasteiger partial charge in [0.15, 0.2) is 0 Å². The zero-order valence-electron chi connectivity index (χ0n) is 9.96. The lowest BCUT2D eigenvalue weighted by atomic mass is 9.89. The van der Waals surface area contributed by atoms with Crippen LogP contribution in [0.5, 0.6) is 0 Å². The predicted octanol–water partition coefficient (Wildman–Crippen LogP) is 3.75. The Morgan fingerprint density at radius 1 is 0.882 bits per heavy atom. The molecule has 82 valence electrons. The molecular weight excluding hydrogens is 204 g/mol. The summed E-state index contributed by atoms with van der Waals surface area (Å²) in [6.07, 6.45) is 4.75.